The van der Waals surface area contributed by atoms with E-state index in [9.17, 15) is 19.8 Å². The van der Waals surface area contributed by atoms with Gasteiger partial charge in [0.15, 0.2) is 0 Å². The van der Waals surface area contributed by atoms with Crippen molar-refractivity contribution >= 4 is 17.6 Å². The van der Waals surface area contributed by atoms with Crippen LogP contribution >= 0.6 is 0 Å². The number of hydrogen-bond donors (Lipinski definition) is 2. The molecular weight excluding hydrogens is 284 g/mol. The summed E-state index contributed by atoms with van der Waals surface area (Å²) in [4.78, 5) is 23.3. The summed E-state index contributed by atoms with van der Waals surface area (Å²) in [6.07, 6.45) is 3.50. The van der Waals surface area contributed by atoms with Gasteiger partial charge in [0.25, 0.3) is 0 Å². The minimum absolute atomic E-state index is 0.495. The molecule has 2 N–H and O–H groups in total. The minimum atomic E-state index is -0.899. The predicted molar refractivity (Wildman–Crippen MR) is 80.6 cm³/mol. The number of anilines is 1. The average molecular weight is 304 g/mol. The highest BCUT2D eigenvalue weighted by Crippen LogP contribution is 2.34. The normalized spacial score (nSPS) is 25.5. The molecule has 0 saturated carbocycles. The Kier molecular flexibility index (Phi) is 4.02. The number of aryl methyl sites for hydroxylation is 1. The Labute approximate surface area is 128 Å². The monoisotopic (exact) mass is 304 g/mol. The summed E-state index contributed by atoms with van der Waals surface area (Å²) in [6, 6.07) is 6.33. The van der Waals surface area contributed by atoms with Gasteiger partial charge in [0.2, 0.25) is 0 Å². The number of piperidine rings is 1. The molecular formula is C16H20N2O4. The number of carboxylic acid groups (broad SMARTS) is 2. The summed E-state index contributed by atoms with van der Waals surface area (Å²) in [5, 5.41) is 22.5. The molecule has 0 radical (unpaired) electrons. The quantitative estimate of drug-likeness (QED) is 0.885. The molecule has 2 atom stereocenters. The highest BCUT2D eigenvalue weighted by molar-refractivity contribution is 5.80. The number of rotatable bonds is 3. The van der Waals surface area contributed by atoms with Crippen molar-refractivity contribution in [2.45, 2.75) is 44.2 Å². The second-order valence-corrected chi connectivity index (χ2v) is 5.88. The fourth-order valence-corrected chi connectivity index (χ4v) is 3.50. The standard InChI is InChI=1S/C16H20N2O4/c19-15(20)13-7-3-4-10-17(13)18-12-6-2-1-5-11(12)8-9-14(18)16(21)22/h1-2,5-6,13-14H,3-4,7-10H2,(H,19,20)(H,21,22). The van der Waals surface area contributed by atoms with E-state index < -0.39 is 24.0 Å². The molecule has 2 unspecified atom stereocenters. The second-order valence-electron chi connectivity index (χ2n) is 5.88. The SMILES string of the molecule is O=C(O)C1CCCCN1N1c2ccccc2CCC1C(=O)O. The van der Waals surface area contributed by atoms with Gasteiger partial charge in [-0.05, 0) is 43.7 Å². The summed E-state index contributed by atoms with van der Waals surface area (Å²) in [7, 11) is 0. The Morgan fingerprint density at radius 2 is 1.73 bits per heavy atom. The zero-order valence-corrected chi connectivity index (χ0v) is 12.3. The Morgan fingerprint density at radius 1 is 1.00 bits per heavy atom. The molecule has 0 amide bonds. The van der Waals surface area contributed by atoms with Crippen LogP contribution in [0.3, 0.4) is 0 Å². The molecule has 1 aromatic rings. The number of hydrogen-bond acceptors (Lipinski definition) is 4. The van der Waals surface area contributed by atoms with Crippen LogP contribution in [0.15, 0.2) is 24.3 Å². The molecule has 1 fully saturated rings. The molecule has 22 heavy (non-hydrogen) atoms. The van der Waals surface area contributed by atoms with E-state index in [1.807, 2.05) is 24.3 Å². The Morgan fingerprint density at radius 3 is 2.45 bits per heavy atom. The van der Waals surface area contributed by atoms with Crippen LogP contribution in [-0.2, 0) is 16.0 Å². The summed E-state index contributed by atoms with van der Waals surface area (Å²) in [6.45, 7) is 0.578. The molecule has 3 rings (SSSR count). The maximum Gasteiger partial charge on any atom is 0.327 e. The first-order valence-electron chi connectivity index (χ1n) is 7.69. The van der Waals surface area contributed by atoms with E-state index in [-0.39, 0.29) is 0 Å². The zero-order valence-electron chi connectivity index (χ0n) is 12.3. The van der Waals surface area contributed by atoms with Crippen molar-refractivity contribution in [2.24, 2.45) is 0 Å². The highest BCUT2D eigenvalue weighted by Gasteiger charge is 2.40. The van der Waals surface area contributed by atoms with Crippen molar-refractivity contribution in [1.29, 1.82) is 0 Å². The Bertz CT molecular complexity index is 589. The number of carbonyl (C=O) groups is 2. The van der Waals surface area contributed by atoms with Crippen LogP contribution in [-0.4, -0.2) is 45.8 Å². The molecule has 6 heteroatoms. The van der Waals surface area contributed by atoms with Gasteiger partial charge in [0.1, 0.15) is 12.1 Å². The molecule has 0 aliphatic carbocycles. The average Bonchev–Trinajstić information content (AvgIpc) is 2.53. The largest absolute Gasteiger partial charge is 0.480 e. The van der Waals surface area contributed by atoms with Gasteiger partial charge < -0.3 is 10.2 Å². The van der Waals surface area contributed by atoms with Crippen molar-refractivity contribution in [3.63, 3.8) is 0 Å². The number of aliphatic carboxylic acids is 2. The van der Waals surface area contributed by atoms with Crippen LogP contribution < -0.4 is 5.01 Å². The first-order valence-corrected chi connectivity index (χ1v) is 7.69. The topological polar surface area (TPSA) is 81.1 Å². The predicted octanol–water partition coefficient (Wildman–Crippen LogP) is 1.75. The molecule has 1 saturated heterocycles. The maximum absolute atomic E-state index is 11.7. The van der Waals surface area contributed by atoms with Crippen molar-refractivity contribution < 1.29 is 19.8 Å². The van der Waals surface area contributed by atoms with Gasteiger partial charge in [-0.3, -0.25) is 9.80 Å². The van der Waals surface area contributed by atoms with Gasteiger partial charge in [0.05, 0.1) is 5.69 Å². The Balaban J connectivity index is 2.03. The molecule has 0 spiro atoms. The second kappa shape index (κ2) is 5.96. The lowest BCUT2D eigenvalue weighted by Crippen LogP contribution is -2.61. The van der Waals surface area contributed by atoms with E-state index in [1.54, 1.807) is 10.0 Å². The van der Waals surface area contributed by atoms with E-state index >= 15 is 0 Å². The summed E-state index contributed by atoms with van der Waals surface area (Å²) >= 11 is 0. The molecule has 6 nitrogen and oxygen atoms in total. The molecule has 118 valence electrons. The Hall–Kier alpha value is -2.08. The fraction of sp³-hybridized carbons (Fsp3) is 0.500. The van der Waals surface area contributed by atoms with Gasteiger partial charge in [0, 0.05) is 6.54 Å². The zero-order chi connectivity index (χ0) is 15.7. The third kappa shape index (κ3) is 2.54. The van der Waals surface area contributed by atoms with Crippen LogP contribution in [0, 0.1) is 0 Å². The number of carboxylic acids is 2. The van der Waals surface area contributed by atoms with Gasteiger partial charge in [-0.15, -0.1) is 0 Å². The number of hydrazine groups is 1. The van der Waals surface area contributed by atoms with Crippen molar-refractivity contribution in [3.05, 3.63) is 29.8 Å². The maximum atomic E-state index is 11.7. The first-order chi connectivity index (χ1) is 10.6. The lowest BCUT2D eigenvalue weighted by atomic mass is 9.96. The fourth-order valence-electron chi connectivity index (χ4n) is 3.50. The number of benzene rings is 1. The third-order valence-corrected chi connectivity index (χ3v) is 4.54. The molecule has 2 aliphatic heterocycles. The summed E-state index contributed by atoms with van der Waals surface area (Å²) < 4.78 is 0. The summed E-state index contributed by atoms with van der Waals surface area (Å²) in [5.74, 6) is -1.78. The van der Waals surface area contributed by atoms with E-state index in [0.717, 1.165) is 24.1 Å². The highest BCUT2D eigenvalue weighted by atomic mass is 16.4. The molecule has 0 bridgehead atoms. The number of nitrogens with zero attached hydrogens (tertiary/aromatic N) is 2. The summed E-state index contributed by atoms with van der Waals surface area (Å²) in [5.41, 5.74) is 1.91. The van der Waals surface area contributed by atoms with E-state index in [2.05, 4.69) is 0 Å². The van der Waals surface area contributed by atoms with Gasteiger partial charge in [-0.1, -0.05) is 18.2 Å². The van der Waals surface area contributed by atoms with Crippen molar-refractivity contribution in [1.82, 2.24) is 5.01 Å². The van der Waals surface area contributed by atoms with Gasteiger partial charge in [-0.25, -0.2) is 9.80 Å². The van der Waals surface area contributed by atoms with E-state index in [0.29, 0.717) is 25.8 Å². The van der Waals surface area contributed by atoms with Crippen molar-refractivity contribution in [3.8, 4) is 0 Å². The van der Waals surface area contributed by atoms with E-state index in [4.69, 9.17) is 0 Å². The minimum Gasteiger partial charge on any atom is -0.480 e. The van der Waals surface area contributed by atoms with Gasteiger partial charge in [-0.2, -0.15) is 0 Å². The van der Waals surface area contributed by atoms with Crippen LogP contribution in [0.5, 0.6) is 0 Å². The van der Waals surface area contributed by atoms with Crippen molar-refractivity contribution in [2.75, 3.05) is 11.6 Å². The third-order valence-electron chi connectivity index (χ3n) is 4.54. The van der Waals surface area contributed by atoms with Crippen LogP contribution in [0.25, 0.3) is 0 Å². The smallest absolute Gasteiger partial charge is 0.327 e. The van der Waals surface area contributed by atoms with Crippen LogP contribution in [0.1, 0.15) is 31.2 Å². The van der Waals surface area contributed by atoms with Gasteiger partial charge >= 0.3 is 11.9 Å². The van der Waals surface area contributed by atoms with Crippen LogP contribution in [0.4, 0.5) is 5.69 Å². The lowest BCUT2D eigenvalue weighted by Gasteiger charge is -2.47. The van der Waals surface area contributed by atoms with E-state index in [1.165, 1.54) is 0 Å². The number of fused-ring (bicyclic) bond motifs is 1. The molecule has 2 aliphatic rings. The lowest BCUT2D eigenvalue weighted by molar-refractivity contribution is -0.148. The molecule has 1 aromatic carbocycles. The number of para-hydroxylation sites is 1. The van der Waals surface area contributed by atoms with Crippen LogP contribution in [0.2, 0.25) is 0 Å². The molecule has 0 aromatic heterocycles. The molecule has 2 heterocycles. The first kappa shape index (κ1) is 14.8.